The Morgan fingerprint density at radius 1 is 0.947 bits per heavy atom. The highest BCUT2D eigenvalue weighted by Gasteiger charge is 2.29. The van der Waals surface area contributed by atoms with Crippen molar-refractivity contribution in [3.05, 3.63) is 35.6 Å². The van der Waals surface area contributed by atoms with Crippen molar-refractivity contribution in [2.45, 2.75) is 50.9 Å². The molecule has 1 aromatic rings. The van der Waals surface area contributed by atoms with Crippen LogP contribution in [0.2, 0.25) is 0 Å². The van der Waals surface area contributed by atoms with E-state index >= 15 is 0 Å². The van der Waals surface area contributed by atoms with Crippen LogP contribution >= 0.6 is 31.9 Å². The van der Waals surface area contributed by atoms with Crippen LogP contribution in [0.1, 0.15) is 51.0 Å². The summed E-state index contributed by atoms with van der Waals surface area (Å²) in [6, 6.07) is 6.97. The summed E-state index contributed by atoms with van der Waals surface area (Å²) in [6.07, 6.45) is 7.58. The van der Waals surface area contributed by atoms with Gasteiger partial charge in [0, 0.05) is 16.1 Å². The molecular weight excluding hydrogens is 371 g/mol. The summed E-state index contributed by atoms with van der Waals surface area (Å²) in [5.74, 6) is -0.162. The molecule has 0 amide bonds. The molecule has 0 aliphatic rings. The third-order valence-corrected chi connectivity index (χ3v) is 5.87. The quantitative estimate of drug-likeness (QED) is 0.345. The van der Waals surface area contributed by atoms with Crippen LogP contribution in [-0.4, -0.2) is 10.7 Å². The fourth-order valence-corrected chi connectivity index (χ4v) is 4.48. The van der Waals surface area contributed by atoms with E-state index in [0.29, 0.717) is 0 Å². The molecule has 19 heavy (non-hydrogen) atoms. The van der Waals surface area contributed by atoms with Crippen LogP contribution in [0.15, 0.2) is 24.3 Å². The fraction of sp³-hybridized carbons (Fsp3) is 0.625. The molecule has 0 atom stereocenters. The minimum atomic E-state index is -0.162. The van der Waals surface area contributed by atoms with E-state index < -0.39 is 0 Å². The molecule has 0 unspecified atom stereocenters. The zero-order valence-corrected chi connectivity index (χ0v) is 14.8. The minimum Gasteiger partial charge on any atom is -0.207 e. The third kappa shape index (κ3) is 5.18. The lowest BCUT2D eigenvalue weighted by molar-refractivity contribution is 0.462. The summed E-state index contributed by atoms with van der Waals surface area (Å²) < 4.78 is 13.1. The number of benzene rings is 1. The van der Waals surface area contributed by atoms with E-state index in [4.69, 9.17) is 0 Å². The van der Waals surface area contributed by atoms with Gasteiger partial charge in [-0.05, 0) is 24.1 Å². The van der Waals surface area contributed by atoms with Gasteiger partial charge in [-0.15, -0.1) is 0 Å². The van der Waals surface area contributed by atoms with Crippen molar-refractivity contribution in [3.8, 4) is 0 Å². The lowest BCUT2D eigenvalue weighted by Gasteiger charge is -2.31. The zero-order chi connectivity index (χ0) is 14.1. The van der Waals surface area contributed by atoms with E-state index in [1.54, 1.807) is 12.1 Å². The van der Waals surface area contributed by atoms with Crippen molar-refractivity contribution < 1.29 is 4.39 Å². The van der Waals surface area contributed by atoms with E-state index in [2.05, 4.69) is 38.8 Å². The van der Waals surface area contributed by atoms with Gasteiger partial charge in [0.05, 0.1) is 0 Å². The molecule has 0 aliphatic carbocycles. The normalized spacial score (nSPS) is 11.8. The van der Waals surface area contributed by atoms with Gasteiger partial charge >= 0.3 is 0 Å². The van der Waals surface area contributed by atoms with Crippen molar-refractivity contribution in [1.82, 2.24) is 0 Å². The van der Waals surface area contributed by atoms with Crippen LogP contribution in [0.4, 0.5) is 4.39 Å². The molecule has 0 N–H and O–H groups in total. The van der Waals surface area contributed by atoms with Gasteiger partial charge in [-0.25, -0.2) is 4.39 Å². The van der Waals surface area contributed by atoms with E-state index in [1.165, 1.54) is 37.7 Å². The van der Waals surface area contributed by atoms with Gasteiger partial charge in [-0.2, -0.15) is 0 Å². The zero-order valence-electron chi connectivity index (χ0n) is 11.6. The smallest absolute Gasteiger partial charge is 0.123 e. The highest BCUT2D eigenvalue weighted by Crippen LogP contribution is 2.34. The molecule has 0 aliphatic heterocycles. The fourth-order valence-electron chi connectivity index (χ4n) is 2.34. The number of unbranched alkanes of at least 4 members (excludes halogenated alkanes) is 4. The number of hydrogen-bond donors (Lipinski definition) is 0. The Balaban J connectivity index is 2.65. The second-order valence-electron chi connectivity index (χ2n) is 5.22. The van der Waals surface area contributed by atoms with Crippen LogP contribution in [-0.2, 0) is 5.41 Å². The van der Waals surface area contributed by atoms with Gasteiger partial charge in [0.15, 0.2) is 0 Å². The van der Waals surface area contributed by atoms with Gasteiger partial charge in [-0.3, -0.25) is 0 Å². The lowest BCUT2D eigenvalue weighted by atomic mass is 9.80. The molecule has 1 aromatic carbocycles. The van der Waals surface area contributed by atoms with Crippen LogP contribution in [0.25, 0.3) is 0 Å². The van der Waals surface area contributed by atoms with Crippen molar-refractivity contribution >= 4 is 31.9 Å². The Bertz CT molecular complexity index is 344. The van der Waals surface area contributed by atoms with Gasteiger partial charge in [-0.1, -0.05) is 83.0 Å². The van der Waals surface area contributed by atoms with Gasteiger partial charge in [0.1, 0.15) is 5.82 Å². The minimum absolute atomic E-state index is 0.0832. The SMILES string of the molecule is CCCCCCCC(CBr)(CBr)c1ccc(F)cc1. The van der Waals surface area contributed by atoms with Crippen LogP contribution < -0.4 is 0 Å². The first kappa shape index (κ1) is 17.2. The first-order valence-corrected chi connectivity index (χ1v) is 9.31. The summed E-state index contributed by atoms with van der Waals surface area (Å²) in [5.41, 5.74) is 1.30. The molecule has 0 nitrogen and oxygen atoms in total. The summed E-state index contributed by atoms with van der Waals surface area (Å²) >= 11 is 7.30. The van der Waals surface area contributed by atoms with Crippen molar-refractivity contribution in [3.63, 3.8) is 0 Å². The molecule has 0 saturated carbocycles. The molecule has 3 heteroatoms. The highest BCUT2D eigenvalue weighted by molar-refractivity contribution is 9.09. The van der Waals surface area contributed by atoms with Gasteiger partial charge < -0.3 is 0 Å². The third-order valence-electron chi connectivity index (χ3n) is 3.73. The number of hydrogen-bond acceptors (Lipinski definition) is 0. The van der Waals surface area contributed by atoms with Crippen molar-refractivity contribution in [2.24, 2.45) is 0 Å². The summed E-state index contributed by atoms with van der Waals surface area (Å²) in [7, 11) is 0. The molecule has 108 valence electrons. The number of halogens is 3. The monoisotopic (exact) mass is 392 g/mol. The second kappa shape index (κ2) is 9.12. The van der Waals surface area contributed by atoms with E-state index in [-0.39, 0.29) is 11.2 Å². The maximum Gasteiger partial charge on any atom is 0.123 e. The standard InChI is InChI=1S/C16H23Br2F/c1-2-3-4-5-6-11-16(12-17,13-18)14-7-9-15(19)10-8-14/h7-10H,2-6,11-13H2,1H3. The first-order valence-electron chi connectivity index (χ1n) is 7.06. The Labute approximate surface area is 133 Å². The molecule has 0 fully saturated rings. The van der Waals surface area contributed by atoms with Crippen LogP contribution in [0.5, 0.6) is 0 Å². The molecule has 0 bridgehead atoms. The van der Waals surface area contributed by atoms with Gasteiger partial charge in [0.2, 0.25) is 0 Å². The van der Waals surface area contributed by atoms with Gasteiger partial charge in [0.25, 0.3) is 0 Å². The predicted octanol–water partition coefficient (Wildman–Crippen LogP) is 6.21. The predicted molar refractivity (Wildman–Crippen MR) is 89.0 cm³/mol. The molecular formula is C16H23Br2F. The van der Waals surface area contributed by atoms with Crippen molar-refractivity contribution in [1.29, 1.82) is 0 Å². The number of rotatable bonds is 9. The Hall–Kier alpha value is 0.110. The van der Waals surface area contributed by atoms with Crippen LogP contribution in [0, 0.1) is 5.82 Å². The maximum atomic E-state index is 13.1. The highest BCUT2D eigenvalue weighted by atomic mass is 79.9. The molecule has 0 aromatic heterocycles. The average molecular weight is 394 g/mol. The molecule has 0 heterocycles. The lowest BCUT2D eigenvalue weighted by Crippen LogP contribution is -2.30. The first-order chi connectivity index (χ1) is 9.18. The van der Waals surface area contributed by atoms with E-state index in [0.717, 1.165) is 17.1 Å². The maximum absolute atomic E-state index is 13.1. The molecule has 0 saturated heterocycles. The molecule has 0 spiro atoms. The van der Waals surface area contributed by atoms with E-state index in [9.17, 15) is 4.39 Å². The van der Waals surface area contributed by atoms with Crippen molar-refractivity contribution in [2.75, 3.05) is 10.7 Å². The topological polar surface area (TPSA) is 0 Å². The molecule has 0 radical (unpaired) electrons. The summed E-state index contributed by atoms with van der Waals surface area (Å²) in [5, 5.41) is 1.81. The number of alkyl halides is 2. The summed E-state index contributed by atoms with van der Waals surface area (Å²) in [4.78, 5) is 0. The Morgan fingerprint density at radius 3 is 2.05 bits per heavy atom. The second-order valence-corrected chi connectivity index (χ2v) is 6.34. The average Bonchev–Trinajstić information content (AvgIpc) is 2.45. The largest absolute Gasteiger partial charge is 0.207 e. The Kier molecular flexibility index (Phi) is 8.24. The molecule has 1 rings (SSSR count). The Morgan fingerprint density at radius 2 is 1.53 bits per heavy atom. The van der Waals surface area contributed by atoms with E-state index in [1.807, 2.05) is 12.1 Å². The van der Waals surface area contributed by atoms with Crippen LogP contribution in [0.3, 0.4) is 0 Å². The summed E-state index contributed by atoms with van der Waals surface area (Å²) in [6.45, 7) is 2.24.